The van der Waals surface area contributed by atoms with Crippen molar-refractivity contribution in [3.63, 3.8) is 0 Å². The lowest BCUT2D eigenvalue weighted by atomic mass is 10.2. The van der Waals surface area contributed by atoms with Crippen LogP contribution in [0.1, 0.15) is 6.42 Å². The third-order valence-electron chi connectivity index (χ3n) is 3.23. The van der Waals surface area contributed by atoms with Gasteiger partial charge in [-0.05, 0) is 36.4 Å². The standard InChI is InChI=1S/C18H19ClN2O4S/c1-24-15-7-4-13(10-16(15)25-11-17(20)22)21-18(23)8-9-26-14-5-2-12(19)3-6-14/h2-7,10H,8-9,11H2,1H3,(H2,20,22)(H,21,23). The predicted molar refractivity (Wildman–Crippen MR) is 103 cm³/mol. The lowest BCUT2D eigenvalue weighted by Gasteiger charge is -2.12. The van der Waals surface area contributed by atoms with Gasteiger partial charge in [0.1, 0.15) is 0 Å². The zero-order chi connectivity index (χ0) is 18.9. The number of halogens is 1. The highest BCUT2D eigenvalue weighted by Gasteiger charge is 2.09. The van der Waals surface area contributed by atoms with Crippen LogP contribution in [0.2, 0.25) is 5.02 Å². The van der Waals surface area contributed by atoms with Crippen LogP contribution in [0.5, 0.6) is 11.5 Å². The van der Waals surface area contributed by atoms with Crippen LogP contribution >= 0.6 is 23.4 Å². The van der Waals surface area contributed by atoms with E-state index in [0.717, 1.165) is 4.90 Å². The third-order valence-corrected chi connectivity index (χ3v) is 4.49. The lowest BCUT2D eigenvalue weighted by Crippen LogP contribution is -2.20. The molecule has 0 aliphatic carbocycles. The largest absolute Gasteiger partial charge is 0.493 e. The molecule has 0 radical (unpaired) electrons. The van der Waals surface area contributed by atoms with E-state index in [0.29, 0.717) is 34.4 Å². The molecule has 6 nitrogen and oxygen atoms in total. The number of hydrogen-bond acceptors (Lipinski definition) is 5. The Labute approximate surface area is 161 Å². The molecule has 0 heterocycles. The number of nitrogens with one attached hydrogen (secondary N) is 1. The first-order chi connectivity index (χ1) is 12.5. The van der Waals surface area contributed by atoms with Gasteiger partial charge in [-0.1, -0.05) is 11.6 Å². The molecule has 0 aliphatic heterocycles. The highest BCUT2D eigenvalue weighted by Crippen LogP contribution is 2.30. The summed E-state index contributed by atoms with van der Waals surface area (Å²) < 4.78 is 10.5. The average Bonchev–Trinajstić information content (AvgIpc) is 2.61. The first-order valence-electron chi connectivity index (χ1n) is 7.75. The molecule has 0 aromatic heterocycles. The number of nitrogens with two attached hydrogens (primary N) is 1. The molecule has 0 unspecified atom stereocenters. The highest BCUT2D eigenvalue weighted by molar-refractivity contribution is 7.99. The van der Waals surface area contributed by atoms with Gasteiger partial charge in [-0.15, -0.1) is 11.8 Å². The van der Waals surface area contributed by atoms with Gasteiger partial charge < -0.3 is 20.5 Å². The molecular formula is C18H19ClN2O4S. The van der Waals surface area contributed by atoms with Crippen molar-refractivity contribution in [2.75, 3.05) is 24.8 Å². The summed E-state index contributed by atoms with van der Waals surface area (Å²) in [6, 6.07) is 12.4. The lowest BCUT2D eigenvalue weighted by molar-refractivity contribution is -0.120. The van der Waals surface area contributed by atoms with Crippen molar-refractivity contribution >= 4 is 40.9 Å². The van der Waals surface area contributed by atoms with Gasteiger partial charge in [-0.25, -0.2) is 0 Å². The van der Waals surface area contributed by atoms with E-state index in [1.54, 1.807) is 30.0 Å². The van der Waals surface area contributed by atoms with Crippen LogP contribution in [0.15, 0.2) is 47.4 Å². The van der Waals surface area contributed by atoms with E-state index < -0.39 is 5.91 Å². The number of carbonyl (C=O) groups is 2. The number of hydrogen-bond donors (Lipinski definition) is 2. The number of methoxy groups -OCH3 is 1. The minimum Gasteiger partial charge on any atom is -0.493 e. The molecule has 2 aromatic carbocycles. The van der Waals surface area contributed by atoms with E-state index in [1.165, 1.54) is 7.11 Å². The van der Waals surface area contributed by atoms with E-state index in [9.17, 15) is 9.59 Å². The zero-order valence-corrected chi connectivity index (χ0v) is 15.7. The second kappa shape index (κ2) is 9.94. The van der Waals surface area contributed by atoms with Gasteiger partial charge in [0.2, 0.25) is 5.91 Å². The maximum absolute atomic E-state index is 12.1. The molecule has 0 fully saturated rings. The second-order valence-electron chi connectivity index (χ2n) is 5.22. The summed E-state index contributed by atoms with van der Waals surface area (Å²) >= 11 is 7.42. The monoisotopic (exact) mass is 394 g/mol. The molecular weight excluding hydrogens is 376 g/mol. The number of thioether (sulfide) groups is 1. The Kier molecular flexibility index (Phi) is 7.62. The SMILES string of the molecule is COc1ccc(NC(=O)CCSc2ccc(Cl)cc2)cc1OCC(N)=O. The summed E-state index contributed by atoms with van der Waals surface area (Å²) in [5, 5.41) is 3.47. The molecule has 2 amide bonds. The van der Waals surface area contributed by atoms with Gasteiger partial charge in [-0.2, -0.15) is 0 Å². The van der Waals surface area contributed by atoms with Crippen LogP contribution in [0, 0.1) is 0 Å². The van der Waals surface area contributed by atoms with Crippen molar-refractivity contribution in [3.8, 4) is 11.5 Å². The molecule has 2 aromatic rings. The molecule has 0 saturated heterocycles. The molecule has 0 bridgehead atoms. The molecule has 0 saturated carbocycles. The molecule has 0 spiro atoms. The third kappa shape index (κ3) is 6.50. The number of rotatable bonds is 9. The first kappa shape index (κ1) is 19.9. The van der Waals surface area contributed by atoms with E-state index in [1.807, 2.05) is 24.3 Å². The summed E-state index contributed by atoms with van der Waals surface area (Å²) in [6.45, 7) is -0.272. The predicted octanol–water partition coefficient (Wildman–Crippen LogP) is 3.33. The number of primary amides is 1. The maximum atomic E-state index is 12.1. The summed E-state index contributed by atoms with van der Waals surface area (Å²) in [4.78, 5) is 24.0. The van der Waals surface area contributed by atoms with Crippen LogP contribution in [0.3, 0.4) is 0 Å². The van der Waals surface area contributed by atoms with E-state index >= 15 is 0 Å². The van der Waals surface area contributed by atoms with Crippen LogP contribution in [-0.4, -0.2) is 31.3 Å². The Morgan fingerprint density at radius 2 is 1.88 bits per heavy atom. The fourth-order valence-electron chi connectivity index (χ4n) is 2.03. The van der Waals surface area contributed by atoms with Gasteiger partial charge in [0.25, 0.3) is 5.91 Å². The number of benzene rings is 2. The summed E-state index contributed by atoms with van der Waals surface area (Å²) in [5.41, 5.74) is 5.63. The highest BCUT2D eigenvalue weighted by atomic mass is 35.5. The summed E-state index contributed by atoms with van der Waals surface area (Å²) in [6.07, 6.45) is 0.344. The van der Waals surface area contributed by atoms with Gasteiger partial charge in [0, 0.05) is 33.8 Å². The Hall–Kier alpha value is -2.38. The van der Waals surface area contributed by atoms with Gasteiger partial charge in [0.15, 0.2) is 18.1 Å². The average molecular weight is 395 g/mol. The molecule has 26 heavy (non-hydrogen) atoms. The molecule has 0 atom stereocenters. The molecule has 2 rings (SSSR count). The fraction of sp³-hybridized carbons (Fsp3) is 0.222. The number of amides is 2. The van der Waals surface area contributed by atoms with Gasteiger partial charge >= 0.3 is 0 Å². The van der Waals surface area contributed by atoms with Crippen molar-refractivity contribution < 1.29 is 19.1 Å². The number of ether oxygens (including phenoxy) is 2. The van der Waals surface area contributed by atoms with Crippen molar-refractivity contribution in [1.82, 2.24) is 0 Å². The number of carbonyl (C=O) groups excluding carboxylic acids is 2. The van der Waals surface area contributed by atoms with Crippen LogP contribution < -0.4 is 20.5 Å². The van der Waals surface area contributed by atoms with Crippen molar-refractivity contribution in [2.24, 2.45) is 5.73 Å². The first-order valence-corrected chi connectivity index (χ1v) is 9.11. The van der Waals surface area contributed by atoms with Crippen LogP contribution in [0.4, 0.5) is 5.69 Å². The summed E-state index contributed by atoms with van der Waals surface area (Å²) in [7, 11) is 1.48. The van der Waals surface area contributed by atoms with Crippen molar-refractivity contribution in [2.45, 2.75) is 11.3 Å². The Morgan fingerprint density at radius 1 is 1.15 bits per heavy atom. The molecule has 8 heteroatoms. The van der Waals surface area contributed by atoms with Crippen molar-refractivity contribution in [3.05, 3.63) is 47.5 Å². The van der Waals surface area contributed by atoms with Gasteiger partial charge in [-0.3, -0.25) is 9.59 Å². The smallest absolute Gasteiger partial charge is 0.255 e. The van der Waals surface area contributed by atoms with E-state index in [4.69, 9.17) is 26.8 Å². The molecule has 3 N–H and O–H groups in total. The quantitative estimate of drug-likeness (QED) is 0.636. The van der Waals surface area contributed by atoms with Gasteiger partial charge in [0.05, 0.1) is 7.11 Å². The van der Waals surface area contributed by atoms with Crippen LogP contribution in [-0.2, 0) is 9.59 Å². The van der Waals surface area contributed by atoms with E-state index in [-0.39, 0.29) is 12.5 Å². The summed E-state index contributed by atoms with van der Waals surface area (Å²) in [5.74, 6) is 0.689. The second-order valence-corrected chi connectivity index (χ2v) is 6.83. The Balaban J connectivity index is 1.88. The minimum atomic E-state index is -0.597. The maximum Gasteiger partial charge on any atom is 0.255 e. The fourth-order valence-corrected chi connectivity index (χ4v) is 3.01. The molecule has 0 aliphatic rings. The number of anilines is 1. The molecule has 138 valence electrons. The Morgan fingerprint density at radius 3 is 2.54 bits per heavy atom. The normalized spacial score (nSPS) is 10.2. The Bertz CT molecular complexity index is 768. The minimum absolute atomic E-state index is 0.127. The topological polar surface area (TPSA) is 90.7 Å². The van der Waals surface area contributed by atoms with E-state index in [2.05, 4.69) is 5.32 Å². The van der Waals surface area contributed by atoms with Crippen LogP contribution in [0.25, 0.3) is 0 Å². The zero-order valence-electron chi connectivity index (χ0n) is 14.2. The van der Waals surface area contributed by atoms with Crippen molar-refractivity contribution in [1.29, 1.82) is 0 Å².